The van der Waals surface area contributed by atoms with Gasteiger partial charge in [-0.2, -0.15) is 9.71 Å². The van der Waals surface area contributed by atoms with Gasteiger partial charge in [0.15, 0.2) is 5.69 Å². The number of anilines is 1. The van der Waals surface area contributed by atoms with Crippen LogP contribution in [0.15, 0.2) is 89.1 Å². The maximum absolute atomic E-state index is 12.4. The normalized spacial score (nSPS) is 14.6. The first-order valence-electron chi connectivity index (χ1n) is 10.9. The largest absolute Gasteiger partial charge is 0.824 e. The molecule has 3 aromatic rings. The van der Waals surface area contributed by atoms with Crippen LogP contribution in [-0.2, 0) is 18.9 Å². The molecule has 0 amide bonds. The first-order valence-corrected chi connectivity index (χ1v) is 10.9. The summed E-state index contributed by atoms with van der Waals surface area (Å²) < 4.78 is 13.0. The van der Waals surface area contributed by atoms with Crippen molar-refractivity contribution in [3.63, 3.8) is 0 Å². The molecule has 4 rings (SSSR count). The molecule has 34 heavy (non-hydrogen) atoms. The van der Waals surface area contributed by atoms with Gasteiger partial charge in [-0.05, 0) is 31.1 Å². The molecule has 0 atom stereocenters. The van der Waals surface area contributed by atoms with Crippen LogP contribution >= 0.6 is 0 Å². The number of azo groups is 1. The van der Waals surface area contributed by atoms with Gasteiger partial charge in [-0.1, -0.05) is 65.7 Å². The summed E-state index contributed by atoms with van der Waals surface area (Å²) in [4.78, 5) is 26.2. The van der Waals surface area contributed by atoms with Crippen molar-refractivity contribution in [3.05, 3.63) is 95.6 Å². The third kappa shape index (κ3) is 4.59. The molecule has 0 N–H and O–H groups in total. The van der Waals surface area contributed by atoms with Gasteiger partial charge in [-0.25, -0.2) is 0 Å². The summed E-state index contributed by atoms with van der Waals surface area (Å²) >= 11 is 0. The van der Waals surface area contributed by atoms with E-state index in [9.17, 15) is 9.59 Å². The lowest BCUT2D eigenvalue weighted by Gasteiger charge is -2.41. The van der Waals surface area contributed by atoms with Gasteiger partial charge in [-0.3, -0.25) is 14.5 Å². The molecule has 0 fully saturated rings. The average Bonchev–Trinajstić information content (AvgIpc) is 2.80. The van der Waals surface area contributed by atoms with E-state index in [2.05, 4.69) is 0 Å². The number of carbonyl (C=O) groups excluding carboxylic acids is 2. The van der Waals surface area contributed by atoms with Crippen LogP contribution in [0.2, 0.25) is 0 Å². The second-order valence-electron chi connectivity index (χ2n) is 8.10. The number of hydrogen-bond acceptors (Lipinski definition) is 7. The molecule has 9 heteroatoms. The molecule has 0 bridgehead atoms. The molecule has 172 valence electrons. The molecule has 3 aromatic carbocycles. The minimum atomic E-state index is -3.03. The van der Waals surface area contributed by atoms with E-state index < -0.39 is 18.8 Å². The van der Waals surface area contributed by atoms with Crippen molar-refractivity contribution in [2.75, 3.05) is 4.92 Å². The first kappa shape index (κ1) is 22.9. The fourth-order valence-electron chi connectivity index (χ4n) is 3.72. The molecule has 0 spiro atoms. The SMILES string of the molecule is CC(=O)O[B-]1(OC(C)=O)N(c2ccc(C)cc2)N=C(c2ccccc2)N=[N+]1c1ccc(C)cc1. The summed E-state index contributed by atoms with van der Waals surface area (Å²) in [7, 11) is 0. The minimum absolute atomic E-state index is 0.360. The predicted molar refractivity (Wildman–Crippen MR) is 129 cm³/mol. The zero-order valence-electron chi connectivity index (χ0n) is 19.5. The van der Waals surface area contributed by atoms with Gasteiger partial charge in [0.05, 0.1) is 0 Å². The number of hydrazone groups is 1. The first-order chi connectivity index (χ1) is 16.3. The lowest BCUT2D eigenvalue weighted by Crippen LogP contribution is -2.66. The Balaban J connectivity index is 2.03. The van der Waals surface area contributed by atoms with E-state index in [4.69, 9.17) is 19.5 Å². The zero-order valence-corrected chi connectivity index (χ0v) is 19.5. The van der Waals surface area contributed by atoms with Crippen LogP contribution in [0.1, 0.15) is 30.5 Å². The van der Waals surface area contributed by atoms with Crippen LogP contribution in [0.3, 0.4) is 0 Å². The minimum Gasteiger partial charge on any atom is -0.573 e. The van der Waals surface area contributed by atoms with E-state index in [1.54, 1.807) is 0 Å². The summed E-state index contributed by atoms with van der Waals surface area (Å²) in [5.74, 6) is -0.938. The van der Waals surface area contributed by atoms with Crippen LogP contribution < -0.4 is 4.92 Å². The molecular formula is C25H25BN4O4. The van der Waals surface area contributed by atoms with E-state index in [0.717, 1.165) is 16.7 Å². The highest BCUT2D eigenvalue weighted by Crippen LogP contribution is 2.34. The van der Waals surface area contributed by atoms with Crippen LogP contribution in [0, 0.1) is 13.8 Å². The van der Waals surface area contributed by atoms with Crippen molar-refractivity contribution in [3.8, 4) is 0 Å². The van der Waals surface area contributed by atoms with Gasteiger partial charge >= 0.3 is 6.82 Å². The Morgan fingerprint density at radius 2 is 1.32 bits per heavy atom. The van der Waals surface area contributed by atoms with Crippen LogP contribution in [0.25, 0.3) is 0 Å². The molecule has 1 heterocycles. The van der Waals surface area contributed by atoms with Gasteiger partial charge in [-0.15, -0.1) is 0 Å². The Kier molecular flexibility index (Phi) is 6.27. The van der Waals surface area contributed by atoms with E-state index in [-0.39, 0.29) is 0 Å². The van der Waals surface area contributed by atoms with Gasteiger partial charge in [0, 0.05) is 37.2 Å². The van der Waals surface area contributed by atoms with E-state index in [0.29, 0.717) is 17.2 Å². The third-order valence-electron chi connectivity index (χ3n) is 5.29. The van der Waals surface area contributed by atoms with Crippen molar-refractivity contribution in [2.24, 2.45) is 10.2 Å². The molecule has 0 unspecified atom stereocenters. The zero-order chi connectivity index (χ0) is 24.3. The van der Waals surface area contributed by atoms with E-state index in [1.165, 1.54) is 23.4 Å². The maximum Gasteiger partial charge on any atom is 0.824 e. The quantitative estimate of drug-likeness (QED) is 0.513. The monoisotopic (exact) mass is 456 g/mol. The highest BCUT2D eigenvalue weighted by Gasteiger charge is 2.62. The fourth-order valence-corrected chi connectivity index (χ4v) is 3.72. The molecule has 0 radical (unpaired) electrons. The number of nitrogens with zero attached hydrogens (tertiary/aromatic N) is 4. The third-order valence-corrected chi connectivity index (χ3v) is 5.29. The topological polar surface area (TPSA) is 83.6 Å². The smallest absolute Gasteiger partial charge is 0.573 e. The second-order valence-corrected chi connectivity index (χ2v) is 8.10. The van der Waals surface area contributed by atoms with E-state index in [1.807, 2.05) is 92.7 Å². The van der Waals surface area contributed by atoms with Crippen LogP contribution in [0.4, 0.5) is 11.4 Å². The number of benzene rings is 3. The highest BCUT2D eigenvalue weighted by atomic mass is 16.7. The molecule has 0 aliphatic carbocycles. The summed E-state index contributed by atoms with van der Waals surface area (Å²) in [6.07, 6.45) is 0. The Morgan fingerprint density at radius 3 is 1.85 bits per heavy atom. The van der Waals surface area contributed by atoms with E-state index >= 15 is 0 Å². The van der Waals surface area contributed by atoms with Crippen molar-refractivity contribution >= 4 is 36.0 Å². The molecule has 0 saturated heterocycles. The van der Waals surface area contributed by atoms with Crippen LogP contribution in [0.5, 0.6) is 0 Å². The number of carbonyl (C=O) groups is 2. The standard InChI is InChI=1S/C25H25BN4O4/c1-18-10-14-23(15-11-18)29-26(33-20(3)31,34-21(4)32)30(24-16-12-19(2)13-17-24)28-25(27-29)22-8-6-5-7-9-22/h5-17H,1-4H3. The summed E-state index contributed by atoms with van der Waals surface area (Å²) in [5.41, 5.74) is 3.94. The molecule has 1 aliphatic heterocycles. The molecule has 0 aromatic heterocycles. The van der Waals surface area contributed by atoms with Gasteiger partial charge in [0.1, 0.15) is 0 Å². The molecular weight excluding hydrogens is 431 g/mol. The van der Waals surface area contributed by atoms with Gasteiger partial charge < -0.3 is 9.31 Å². The Bertz CT molecular complexity index is 1260. The lowest BCUT2D eigenvalue weighted by molar-refractivity contribution is -0.413. The van der Waals surface area contributed by atoms with Gasteiger partial charge in [0.2, 0.25) is 5.84 Å². The number of hydrogen-bond donors (Lipinski definition) is 0. The lowest BCUT2D eigenvalue weighted by atomic mass is 9.83. The van der Waals surface area contributed by atoms with Gasteiger partial charge in [0.25, 0.3) is 11.9 Å². The van der Waals surface area contributed by atoms with Crippen molar-refractivity contribution in [2.45, 2.75) is 27.7 Å². The predicted octanol–water partition coefficient (Wildman–Crippen LogP) is 4.84. The van der Waals surface area contributed by atoms with Crippen LogP contribution in [-0.4, -0.2) is 29.2 Å². The molecule has 0 saturated carbocycles. The Labute approximate surface area is 198 Å². The van der Waals surface area contributed by atoms with Crippen molar-refractivity contribution in [1.82, 2.24) is 0 Å². The van der Waals surface area contributed by atoms with Crippen molar-refractivity contribution < 1.29 is 23.5 Å². The maximum atomic E-state index is 12.4. The fraction of sp³-hybridized carbons (Fsp3) is 0.160. The number of aryl methyl sites for hydroxylation is 2. The Hall–Kier alpha value is -4.27. The molecule has 8 nitrogen and oxygen atoms in total. The summed E-state index contributed by atoms with van der Waals surface area (Å²) in [5, 5.41) is 9.44. The molecule has 1 aliphatic rings. The number of rotatable bonds is 5. The number of amidine groups is 1. The second kappa shape index (κ2) is 9.31. The van der Waals surface area contributed by atoms with Crippen molar-refractivity contribution in [1.29, 1.82) is 0 Å². The Morgan fingerprint density at radius 1 is 0.794 bits per heavy atom. The summed E-state index contributed by atoms with van der Waals surface area (Å²) in [6, 6.07) is 24.3. The summed E-state index contributed by atoms with van der Waals surface area (Å²) in [6.45, 7) is 3.40. The average molecular weight is 456 g/mol. The highest BCUT2D eigenvalue weighted by molar-refractivity contribution is 6.67.